The van der Waals surface area contributed by atoms with Crippen molar-refractivity contribution in [2.45, 2.75) is 47.0 Å². The largest absolute Gasteiger partial charge is 0.414 e. The average Bonchev–Trinajstić information content (AvgIpc) is 3.45. The van der Waals surface area contributed by atoms with Crippen LogP contribution < -0.4 is 15.0 Å². The highest BCUT2D eigenvalue weighted by Gasteiger charge is 2.40. The maximum absolute atomic E-state index is 7.76. The van der Waals surface area contributed by atoms with Crippen LogP contribution in [0.5, 0.6) is 5.75 Å². The van der Waals surface area contributed by atoms with E-state index >= 15 is 0 Å². The molecule has 6 aromatic rings. The van der Waals surface area contributed by atoms with E-state index in [-0.39, 0.29) is 10.3 Å². The zero-order valence-corrected chi connectivity index (χ0v) is 29.2. The highest BCUT2D eigenvalue weighted by molar-refractivity contribution is 5.86. The number of aromatic nitrogens is 1. The van der Waals surface area contributed by atoms with E-state index in [9.17, 15) is 0 Å². The fraction of sp³-hybridized carbons (Fsp3) is 0.209. The lowest BCUT2D eigenvalue weighted by Crippen LogP contribution is -2.62. The molecule has 48 heavy (non-hydrogen) atoms. The van der Waals surface area contributed by atoms with E-state index in [0.717, 1.165) is 61.9 Å². The summed E-state index contributed by atoms with van der Waals surface area (Å²) in [6.45, 7) is 13.6. The van der Waals surface area contributed by atoms with Crippen molar-refractivity contribution in [3.05, 3.63) is 167 Å². The molecule has 5 aromatic carbocycles. The molecule has 6 rings (SSSR count). The summed E-state index contributed by atoms with van der Waals surface area (Å²) in [5, 5.41) is 3.41. The molecule has 0 aliphatic heterocycles. The molecule has 5 heteroatoms. The molecule has 0 aliphatic carbocycles. The van der Waals surface area contributed by atoms with Crippen LogP contribution >= 0.6 is 0 Å². The van der Waals surface area contributed by atoms with Crippen LogP contribution in [0, 0.1) is 27.7 Å². The van der Waals surface area contributed by atoms with E-state index in [2.05, 4.69) is 185 Å². The number of nitrogens with one attached hydrogen (secondary N) is 1. The number of aryl methyl sites for hydroxylation is 4. The predicted molar refractivity (Wildman–Crippen MR) is 202 cm³/mol. The van der Waals surface area contributed by atoms with E-state index in [1.54, 1.807) is 0 Å². The van der Waals surface area contributed by atoms with Crippen LogP contribution in [0.2, 0.25) is 0 Å². The first-order chi connectivity index (χ1) is 23.1. The maximum Gasteiger partial charge on any atom is 0.209 e. The van der Waals surface area contributed by atoms with Crippen LogP contribution in [0.4, 0.5) is 11.4 Å². The van der Waals surface area contributed by atoms with Crippen molar-refractivity contribution in [2.24, 2.45) is 0 Å². The van der Waals surface area contributed by atoms with Crippen molar-refractivity contribution in [1.82, 2.24) is 9.54 Å². The normalized spacial score (nSPS) is 12.7. The van der Waals surface area contributed by atoms with Gasteiger partial charge < -0.3 is 10.7 Å². The van der Waals surface area contributed by atoms with E-state index in [1.807, 2.05) is 7.05 Å². The van der Waals surface area contributed by atoms with Gasteiger partial charge in [-0.15, -0.1) is 0 Å². The second-order valence-electron chi connectivity index (χ2n) is 13.3. The van der Waals surface area contributed by atoms with E-state index in [4.69, 9.17) is 10.3 Å². The molecule has 5 nitrogen and oxygen atoms in total. The number of nitrogens with zero attached hydrogens (tertiary/aromatic N) is 3. The fourth-order valence-corrected chi connectivity index (χ4v) is 6.70. The van der Waals surface area contributed by atoms with E-state index < -0.39 is 0 Å². The number of anilines is 1. The van der Waals surface area contributed by atoms with Gasteiger partial charge in [-0.05, 0) is 68.7 Å². The number of hydroxylamine groups is 1. The van der Waals surface area contributed by atoms with Crippen molar-refractivity contribution in [3.8, 4) is 28.0 Å². The maximum atomic E-state index is 7.76. The van der Waals surface area contributed by atoms with Gasteiger partial charge in [-0.2, -0.15) is 4.68 Å². The summed E-state index contributed by atoms with van der Waals surface area (Å²) in [6.07, 6.45) is 0. The van der Waals surface area contributed by atoms with Gasteiger partial charge in [0.2, 0.25) is 5.75 Å². The molecule has 0 bridgehead atoms. The Balaban J connectivity index is 1.70. The van der Waals surface area contributed by atoms with Gasteiger partial charge in [-0.1, -0.05) is 145 Å². The predicted octanol–water partition coefficient (Wildman–Crippen LogP) is 11.1. The first kappa shape index (κ1) is 32.7. The fourth-order valence-electron chi connectivity index (χ4n) is 6.70. The molecule has 0 amide bonds. The Labute approximate surface area is 285 Å². The smallest absolute Gasteiger partial charge is 0.209 e. The molecule has 1 heterocycles. The van der Waals surface area contributed by atoms with Gasteiger partial charge in [0.1, 0.15) is 6.54 Å². The van der Waals surface area contributed by atoms with Gasteiger partial charge >= 0.3 is 0 Å². The monoisotopic (exact) mass is 634 g/mol. The number of rotatable bonds is 11. The second kappa shape index (κ2) is 13.5. The second-order valence-corrected chi connectivity index (χ2v) is 13.3. The molecular formula is C43H46N4O. The first-order valence-electron chi connectivity index (χ1n) is 16.7. The van der Waals surface area contributed by atoms with Gasteiger partial charge in [0.05, 0.1) is 11.4 Å². The Bertz CT molecular complexity index is 1900. The van der Waals surface area contributed by atoms with Crippen LogP contribution in [0.25, 0.3) is 27.7 Å². The molecule has 0 radical (unpaired) electrons. The Hall–Kier alpha value is -5.26. The van der Waals surface area contributed by atoms with E-state index in [0.29, 0.717) is 6.54 Å². The summed E-state index contributed by atoms with van der Waals surface area (Å²) in [5.41, 5.74) is 16.9. The molecule has 0 fully saturated rings. The summed E-state index contributed by atoms with van der Waals surface area (Å²) in [5.74, 6) is 0.762. The summed E-state index contributed by atoms with van der Waals surface area (Å²) < 4.78 is 2.24. The first-order valence-corrected chi connectivity index (χ1v) is 16.7. The zero-order valence-electron chi connectivity index (χ0n) is 29.2. The average molecular weight is 635 g/mol. The minimum absolute atomic E-state index is 0.156. The zero-order chi connectivity index (χ0) is 33.9. The Morgan fingerprint density at radius 1 is 0.646 bits per heavy atom. The van der Waals surface area contributed by atoms with Crippen molar-refractivity contribution < 1.29 is 4.84 Å². The number of quaternary nitrogens is 1. The van der Waals surface area contributed by atoms with Gasteiger partial charge in [0.25, 0.3) is 0 Å². The molecule has 1 unspecified atom stereocenters. The molecule has 1 atom stereocenters. The highest BCUT2D eigenvalue weighted by atomic mass is 16.8. The minimum Gasteiger partial charge on any atom is -0.414 e. The van der Waals surface area contributed by atoms with Crippen molar-refractivity contribution in [2.75, 3.05) is 18.9 Å². The summed E-state index contributed by atoms with van der Waals surface area (Å²) in [7, 11) is 1.96. The lowest BCUT2D eigenvalue weighted by molar-refractivity contribution is -0.121. The van der Waals surface area contributed by atoms with Crippen LogP contribution in [0.1, 0.15) is 41.9 Å². The summed E-state index contributed by atoms with van der Waals surface area (Å²) in [6, 6.07) is 46.7. The molecule has 244 valence electrons. The SMILES string of the molecule is CNc1cc(-c2ccccc2)c(O[N+](CC(C)(C)c2ccccc2)([N-]c2c(C)cccc2C)n2c(C)ccc2C)c(-c2ccccc2)c1. The van der Waals surface area contributed by atoms with Gasteiger partial charge in [0.15, 0.2) is 0 Å². The Morgan fingerprint density at radius 2 is 1.12 bits per heavy atom. The lowest BCUT2D eigenvalue weighted by atomic mass is 9.84. The van der Waals surface area contributed by atoms with E-state index in [1.165, 1.54) is 5.56 Å². The number of benzene rings is 5. The molecular weight excluding hydrogens is 589 g/mol. The minimum atomic E-state index is -0.352. The van der Waals surface area contributed by atoms with Crippen LogP contribution in [-0.4, -0.2) is 18.3 Å². The number of hydrogen-bond acceptors (Lipinski definition) is 2. The van der Waals surface area contributed by atoms with Crippen molar-refractivity contribution >= 4 is 11.4 Å². The third-order valence-electron chi connectivity index (χ3n) is 9.18. The molecule has 1 N–H and O–H groups in total. The number of hydrogen-bond donors (Lipinski definition) is 1. The standard InChI is InChI=1S/C43H46N4O/c1-31-18-17-19-32(2)41(31)45-47(46-33(3)26-27-34(46)4,30-43(5,6)37-24-15-10-16-25-37)48-42-39(35-20-11-8-12-21-35)28-38(44-7)29-40(42)36-22-13-9-14-23-36/h8-29,44H,30H2,1-7H3. The summed E-state index contributed by atoms with van der Waals surface area (Å²) in [4.78, 5) is 7.60. The summed E-state index contributed by atoms with van der Waals surface area (Å²) >= 11 is 0. The van der Waals surface area contributed by atoms with Crippen molar-refractivity contribution in [1.29, 1.82) is 0 Å². The molecule has 0 aliphatic rings. The van der Waals surface area contributed by atoms with Gasteiger partial charge in [-0.3, -0.25) is 4.84 Å². The molecule has 0 spiro atoms. The van der Waals surface area contributed by atoms with Gasteiger partial charge in [-0.25, -0.2) is 0 Å². The molecule has 0 saturated carbocycles. The lowest BCUT2D eigenvalue weighted by Gasteiger charge is -2.50. The Morgan fingerprint density at radius 3 is 1.60 bits per heavy atom. The molecule has 0 saturated heterocycles. The van der Waals surface area contributed by atoms with Crippen LogP contribution in [0.15, 0.2) is 133 Å². The third-order valence-corrected chi connectivity index (χ3v) is 9.18. The Kier molecular flexibility index (Phi) is 9.16. The third kappa shape index (κ3) is 6.47. The quantitative estimate of drug-likeness (QED) is 0.114. The van der Waals surface area contributed by atoms with Crippen molar-refractivity contribution in [3.63, 3.8) is 0 Å². The molecule has 1 aromatic heterocycles. The van der Waals surface area contributed by atoms with Gasteiger partial charge in [0, 0.05) is 29.3 Å². The topological polar surface area (TPSA) is 40.3 Å². The highest BCUT2D eigenvalue weighted by Crippen LogP contribution is 2.46. The van der Waals surface area contributed by atoms with Crippen LogP contribution in [-0.2, 0) is 5.41 Å². The van der Waals surface area contributed by atoms with Crippen LogP contribution in [0.3, 0.4) is 0 Å².